The molecule has 1 heterocycles. The van der Waals surface area contributed by atoms with Gasteiger partial charge in [0.15, 0.2) is 0 Å². The summed E-state index contributed by atoms with van der Waals surface area (Å²) in [6, 6.07) is 17.8. The number of nitrogens with one attached hydrogen (secondary N) is 1. The Morgan fingerprint density at radius 1 is 1.00 bits per heavy atom. The zero-order valence-corrected chi connectivity index (χ0v) is 12.9. The maximum atomic E-state index is 5.66. The third-order valence-electron chi connectivity index (χ3n) is 2.98. The smallest absolute Gasteiger partial charge is 0.247 e. The predicted molar refractivity (Wildman–Crippen MR) is 86.1 cm³/mol. The highest BCUT2D eigenvalue weighted by atomic mass is 79.9. The third kappa shape index (κ3) is 3.70. The van der Waals surface area contributed by atoms with Crippen LogP contribution in [0.2, 0.25) is 0 Å². The van der Waals surface area contributed by atoms with Gasteiger partial charge in [0.25, 0.3) is 0 Å². The second-order valence-corrected chi connectivity index (χ2v) is 5.47. The van der Waals surface area contributed by atoms with E-state index in [0.29, 0.717) is 18.2 Å². The number of rotatable bonds is 5. The number of anilines is 1. The van der Waals surface area contributed by atoms with Gasteiger partial charge in [-0.2, -0.15) is 0 Å². The lowest BCUT2D eigenvalue weighted by molar-refractivity contribution is 0.509. The van der Waals surface area contributed by atoms with Gasteiger partial charge >= 0.3 is 0 Å². The molecule has 3 rings (SSSR count). The summed E-state index contributed by atoms with van der Waals surface area (Å²) in [7, 11) is 0. The zero-order chi connectivity index (χ0) is 14.5. The highest BCUT2D eigenvalue weighted by Crippen LogP contribution is 2.18. The maximum absolute atomic E-state index is 5.66. The Balaban J connectivity index is 1.58. The first kappa shape index (κ1) is 13.8. The fraction of sp³-hybridized carbons (Fsp3) is 0.125. The normalized spacial score (nSPS) is 10.5. The minimum atomic E-state index is 0.563. The number of hydrogen-bond donors (Lipinski definition) is 1. The lowest BCUT2D eigenvalue weighted by atomic mass is 10.2. The highest BCUT2D eigenvalue weighted by Gasteiger charge is 2.07. The van der Waals surface area contributed by atoms with E-state index in [4.69, 9.17) is 4.42 Å². The third-order valence-corrected chi connectivity index (χ3v) is 3.47. The summed E-state index contributed by atoms with van der Waals surface area (Å²) >= 11 is 3.45. The average Bonchev–Trinajstić information content (AvgIpc) is 2.97. The molecule has 0 saturated heterocycles. The lowest BCUT2D eigenvalue weighted by Gasteiger charge is -2.04. The molecule has 0 radical (unpaired) electrons. The first-order valence-electron chi connectivity index (χ1n) is 6.68. The van der Waals surface area contributed by atoms with Crippen LogP contribution in [0.3, 0.4) is 0 Å². The fourth-order valence-electron chi connectivity index (χ4n) is 1.96. The number of aromatic nitrogens is 2. The van der Waals surface area contributed by atoms with Crippen molar-refractivity contribution in [3.05, 3.63) is 65.0 Å². The second kappa shape index (κ2) is 6.54. The monoisotopic (exact) mass is 343 g/mol. The van der Waals surface area contributed by atoms with Crippen molar-refractivity contribution in [2.75, 3.05) is 11.9 Å². The van der Waals surface area contributed by atoms with E-state index in [1.807, 2.05) is 54.6 Å². The Kier molecular flexibility index (Phi) is 4.31. The van der Waals surface area contributed by atoms with E-state index in [1.165, 1.54) is 0 Å². The molecule has 0 bridgehead atoms. The van der Waals surface area contributed by atoms with E-state index in [-0.39, 0.29) is 0 Å². The molecule has 0 aliphatic carbocycles. The molecule has 1 N–H and O–H groups in total. The second-order valence-electron chi connectivity index (χ2n) is 4.55. The van der Waals surface area contributed by atoms with Gasteiger partial charge in [-0.25, -0.2) is 0 Å². The molecular weight excluding hydrogens is 330 g/mol. The topological polar surface area (TPSA) is 51.0 Å². The van der Waals surface area contributed by atoms with E-state index < -0.39 is 0 Å². The summed E-state index contributed by atoms with van der Waals surface area (Å²) < 4.78 is 6.71. The van der Waals surface area contributed by atoms with Gasteiger partial charge < -0.3 is 9.73 Å². The zero-order valence-electron chi connectivity index (χ0n) is 11.3. The molecule has 2 aromatic carbocycles. The van der Waals surface area contributed by atoms with E-state index in [0.717, 1.165) is 22.3 Å². The van der Waals surface area contributed by atoms with Crippen LogP contribution in [0.25, 0.3) is 11.5 Å². The quantitative estimate of drug-likeness (QED) is 0.755. The molecule has 106 valence electrons. The number of nitrogens with zero attached hydrogens (tertiary/aromatic N) is 2. The van der Waals surface area contributed by atoms with Crippen molar-refractivity contribution in [3.63, 3.8) is 0 Å². The van der Waals surface area contributed by atoms with Crippen LogP contribution in [0.5, 0.6) is 0 Å². The van der Waals surface area contributed by atoms with Crippen LogP contribution in [0.1, 0.15) is 5.89 Å². The molecule has 0 amide bonds. The lowest BCUT2D eigenvalue weighted by Crippen LogP contribution is -2.04. The summed E-state index contributed by atoms with van der Waals surface area (Å²) in [4.78, 5) is 0. The number of hydrogen-bond acceptors (Lipinski definition) is 4. The van der Waals surface area contributed by atoms with Gasteiger partial charge in [0, 0.05) is 28.7 Å². The molecule has 3 aromatic rings. The molecule has 0 fully saturated rings. The van der Waals surface area contributed by atoms with Crippen LogP contribution in [0, 0.1) is 0 Å². The Morgan fingerprint density at radius 2 is 1.86 bits per heavy atom. The van der Waals surface area contributed by atoms with Crippen molar-refractivity contribution in [1.82, 2.24) is 10.2 Å². The van der Waals surface area contributed by atoms with Gasteiger partial charge in [0.1, 0.15) is 0 Å². The maximum Gasteiger partial charge on any atom is 0.247 e. The van der Waals surface area contributed by atoms with Crippen molar-refractivity contribution >= 4 is 21.6 Å². The van der Waals surface area contributed by atoms with Gasteiger partial charge in [-0.05, 0) is 30.3 Å². The van der Waals surface area contributed by atoms with E-state index in [9.17, 15) is 0 Å². The minimum Gasteiger partial charge on any atom is -0.421 e. The SMILES string of the molecule is Brc1cccc(NCCc2nnc(-c3ccccc3)o2)c1. The molecule has 0 spiro atoms. The fourth-order valence-corrected chi connectivity index (χ4v) is 2.36. The molecule has 5 heteroatoms. The van der Waals surface area contributed by atoms with Crippen LogP contribution in [-0.4, -0.2) is 16.7 Å². The van der Waals surface area contributed by atoms with E-state index in [2.05, 4.69) is 31.4 Å². The summed E-state index contributed by atoms with van der Waals surface area (Å²) in [5.74, 6) is 1.20. The molecule has 0 aliphatic rings. The van der Waals surface area contributed by atoms with Gasteiger partial charge in [-0.3, -0.25) is 0 Å². The summed E-state index contributed by atoms with van der Waals surface area (Å²) in [6.07, 6.45) is 0.687. The van der Waals surface area contributed by atoms with Crippen LogP contribution >= 0.6 is 15.9 Å². The molecule has 21 heavy (non-hydrogen) atoms. The van der Waals surface area contributed by atoms with Gasteiger partial charge in [-0.15, -0.1) is 10.2 Å². The van der Waals surface area contributed by atoms with Crippen molar-refractivity contribution in [2.24, 2.45) is 0 Å². The summed E-state index contributed by atoms with van der Waals surface area (Å²) in [6.45, 7) is 0.743. The molecule has 0 atom stereocenters. The predicted octanol–water partition coefficient (Wildman–Crippen LogP) is 4.15. The van der Waals surface area contributed by atoms with Crippen LogP contribution in [0.15, 0.2) is 63.5 Å². The molecule has 0 saturated carbocycles. The molecule has 0 unspecified atom stereocenters. The summed E-state index contributed by atoms with van der Waals surface area (Å²) in [5, 5.41) is 11.5. The Morgan fingerprint density at radius 3 is 2.67 bits per heavy atom. The van der Waals surface area contributed by atoms with Gasteiger partial charge in [0.2, 0.25) is 11.8 Å². The Hall–Kier alpha value is -2.14. The van der Waals surface area contributed by atoms with Crippen molar-refractivity contribution < 1.29 is 4.42 Å². The summed E-state index contributed by atoms with van der Waals surface area (Å²) in [5.41, 5.74) is 2.00. The Bertz CT molecular complexity index is 712. The first-order valence-corrected chi connectivity index (χ1v) is 7.48. The first-order chi connectivity index (χ1) is 10.3. The van der Waals surface area contributed by atoms with Gasteiger partial charge in [0.05, 0.1) is 0 Å². The molecular formula is C16H14BrN3O. The highest BCUT2D eigenvalue weighted by molar-refractivity contribution is 9.10. The van der Waals surface area contributed by atoms with Crippen LogP contribution in [0.4, 0.5) is 5.69 Å². The van der Waals surface area contributed by atoms with Gasteiger partial charge in [-0.1, -0.05) is 40.2 Å². The van der Waals surface area contributed by atoms with Crippen molar-refractivity contribution in [3.8, 4) is 11.5 Å². The van der Waals surface area contributed by atoms with Crippen LogP contribution < -0.4 is 5.32 Å². The standard InChI is InChI=1S/C16H14BrN3O/c17-13-7-4-8-14(11-13)18-10-9-15-19-20-16(21-15)12-5-2-1-3-6-12/h1-8,11,18H,9-10H2. The largest absolute Gasteiger partial charge is 0.421 e. The average molecular weight is 344 g/mol. The van der Waals surface area contributed by atoms with Crippen LogP contribution in [-0.2, 0) is 6.42 Å². The number of halogens is 1. The molecule has 4 nitrogen and oxygen atoms in total. The molecule has 1 aromatic heterocycles. The van der Waals surface area contributed by atoms with Crippen molar-refractivity contribution in [1.29, 1.82) is 0 Å². The number of benzene rings is 2. The Labute approximate surface area is 131 Å². The van der Waals surface area contributed by atoms with Crippen molar-refractivity contribution in [2.45, 2.75) is 6.42 Å². The molecule has 0 aliphatic heterocycles. The van der Waals surface area contributed by atoms with E-state index >= 15 is 0 Å². The minimum absolute atomic E-state index is 0.563. The van der Waals surface area contributed by atoms with E-state index in [1.54, 1.807) is 0 Å².